The van der Waals surface area contributed by atoms with E-state index in [1.807, 2.05) is 12.1 Å². The van der Waals surface area contributed by atoms with Crippen LogP contribution in [0.3, 0.4) is 0 Å². The molecular formula is C21H26N4O2. The highest BCUT2D eigenvalue weighted by Crippen LogP contribution is 2.28. The topological polar surface area (TPSA) is 96.2 Å². The van der Waals surface area contributed by atoms with E-state index in [0.717, 1.165) is 24.9 Å². The van der Waals surface area contributed by atoms with Crippen molar-refractivity contribution in [2.45, 2.75) is 38.5 Å². The second kappa shape index (κ2) is 9.19. The summed E-state index contributed by atoms with van der Waals surface area (Å²) < 4.78 is 0. The van der Waals surface area contributed by atoms with Gasteiger partial charge in [-0.2, -0.15) is 0 Å². The van der Waals surface area contributed by atoms with Gasteiger partial charge in [-0.1, -0.05) is 18.2 Å². The molecular weight excluding hydrogens is 340 g/mol. The van der Waals surface area contributed by atoms with Crippen LogP contribution in [0.1, 0.15) is 36.8 Å². The average Bonchev–Trinajstić information content (AvgIpc) is 2.67. The lowest BCUT2D eigenvalue weighted by Gasteiger charge is -2.19. The maximum Gasteiger partial charge on any atom is 0.323 e. The molecule has 0 aromatic heterocycles. The summed E-state index contributed by atoms with van der Waals surface area (Å²) in [6, 6.07) is 12.9. The van der Waals surface area contributed by atoms with Crippen LogP contribution >= 0.6 is 0 Å². The quantitative estimate of drug-likeness (QED) is 0.624. The normalized spacial score (nSPS) is 12.8. The van der Waals surface area contributed by atoms with Gasteiger partial charge in [-0.15, -0.1) is 0 Å². The molecule has 0 saturated heterocycles. The van der Waals surface area contributed by atoms with Crippen molar-refractivity contribution in [2.75, 3.05) is 22.5 Å². The van der Waals surface area contributed by atoms with Crippen molar-refractivity contribution in [1.82, 2.24) is 0 Å². The first-order chi connectivity index (χ1) is 13.2. The van der Waals surface area contributed by atoms with Crippen LogP contribution in [0.4, 0.5) is 21.9 Å². The van der Waals surface area contributed by atoms with Crippen molar-refractivity contribution >= 4 is 29.0 Å². The van der Waals surface area contributed by atoms with Gasteiger partial charge in [-0.25, -0.2) is 4.79 Å². The predicted molar refractivity (Wildman–Crippen MR) is 109 cm³/mol. The summed E-state index contributed by atoms with van der Waals surface area (Å²) in [5.41, 5.74) is 10.1. The van der Waals surface area contributed by atoms with Crippen LogP contribution in [0.2, 0.25) is 0 Å². The predicted octanol–water partition coefficient (Wildman–Crippen LogP) is 3.89. The Hall–Kier alpha value is -2.86. The molecule has 27 heavy (non-hydrogen) atoms. The van der Waals surface area contributed by atoms with Crippen molar-refractivity contribution < 1.29 is 9.59 Å². The summed E-state index contributed by atoms with van der Waals surface area (Å²) in [6.45, 7) is 0.484. The third-order valence-corrected chi connectivity index (χ3v) is 4.66. The lowest BCUT2D eigenvalue weighted by atomic mass is 9.90. The maximum atomic E-state index is 12.4. The minimum Gasteiger partial charge on any atom is -0.330 e. The monoisotopic (exact) mass is 366 g/mol. The molecule has 0 aliphatic heterocycles. The van der Waals surface area contributed by atoms with Crippen LogP contribution in [-0.4, -0.2) is 18.5 Å². The Balaban J connectivity index is 1.61. The highest BCUT2D eigenvalue weighted by Gasteiger charge is 2.14. The van der Waals surface area contributed by atoms with Crippen molar-refractivity contribution in [3.05, 3.63) is 53.6 Å². The fourth-order valence-corrected chi connectivity index (χ4v) is 3.34. The third kappa shape index (κ3) is 5.31. The summed E-state index contributed by atoms with van der Waals surface area (Å²) in [4.78, 5) is 24.2. The summed E-state index contributed by atoms with van der Waals surface area (Å²) >= 11 is 0. The first kappa shape index (κ1) is 18.9. The van der Waals surface area contributed by atoms with Crippen molar-refractivity contribution in [3.8, 4) is 0 Å². The SMILES string of the molecule is NCCCC(=O)Nc1cccc(NC(=O)Nc2cccc3c2CCCC3)c1. The number of benzene rings is 2. The van der Waals surface area contributed by atoms with Gasteiger partial charge >= 0.3 is 6.03 Å². The van der Waals surface area contributed by atoms with Gasteiger partial charge in [-0.05, 0) is 74.0 Å². The summed E-state index contributed by atoms with van der Waals surface area (Å²) in [5.74, 6) is -0.0852. The van der Waals surface area contributed by atoms with Crippen LogP contribution in [0, 0.1) is 0 Å². The van der Waals surface area contributed by atoms with Gasteiger partial charge in [0.25, 0.3) is 0 Å². The van der Waals surface area contributed by atoms with Gasteiger partial charge in [-0.3, -0.25) is 4.79 Å². The van der Waals surface area contributed by atoms with E-state index in [-0.39, 0.29) is 11.9 Å². The van der Waals surface area contributed by atoms with Gasteiger partial charge in [0, 0.05) is 23.5 Å². The van der Waals surface area contributed by atoms with E-state index in [1.165, 1.54) is 17.5 Å². The molecule has 0 bridgehead atoms. The van der Waals surface area contributed by atoms with Gasteiger partial charge in [0.15, 0.2) is 0 Å². The van der Waals surface area contributed by atoms with Crippen molar-refractivity contribution in [3.63, 3.8) is 0 Å². The Morgan fingerprint density at radius 3 is 2.48 bits per heavy atom. The van der Waals surface area contributed by atoms with Crippen LogP contribution in [0.5, 0.6) is 0 Å². The van der Waals surface area contributed by atoms with Crippen LogP contribution < -0.4 is 21.7 Å². The number of fused-ring (bicyclic) bond motifs is 1. The molecule has 6 nitrogen and oxygen atoms in total. The molecule has 6 heteroatoms. The van der Waals surface area contributed by atoms with Gasteiger partial charge in [0.2, 0.25) is 5.91 Å². The number of aryl methyl sites for hydroxylation is 1. The number of carbonyl (C=O) groups excluding carboxylic acids is 2. The van der Waals surface area contributed by atoms with E-state index in [4.69, 9.17) is 5.73 Å². The fourth-order valence-electron chi connectivity index (χ4n) is 3.34. The highest BCUT2D eigenvalue weighted by molar-refractivity contribution is 6.01. The number of nitrogens with one attached hydrogen (secondary N) is 3. The van der Waals surface area contributed by atoms with Crippen molar-refractivity contribution in [2.24, 2.45) is 5.73 Å². The Kier molecular flexibility index (Phi) is 6.44. The Morgan fingerprint density at radius 1 is 0.926 bits per heavy atom. The second-order valence-corrected chi connectivity index (χ2v) is 6.75. The Bertz CT molecular complexity index is 820. The minimum atomic E-state index is -0.291. The number of amides is 3. The number of carbonyl (C=O) groups is 2. The second-order valence-electron chi connectivity index (χ2n) is 6.75. The Labute approximate surface area is 159 Å². The number of anilines is 3. The van der Waals surface area contributed by atoms with E-state index in [9.17, 15) is 9.59 Å². The third-order valence-electron chi connectivity index (χ3n) is 4.66. The molecule has 0 spiro atoms. The average molecular weight is 366 g/mol. The van der Waals surface area contributed by atoms with Crippen LogP contribution in [0.15, 0.2) is 42.5 Å². The summed E-state index contributed by atoms with van der Waals surface area (Å²) in [6.07, 6.45) is 5.45. The number of nitrogens with two attached hydrogens (primary N) is 1. The lowest BCUT2D eigenvalue weighted by molar-refractivity contribution is -0.116. The van der Waals surface area contributed by atoms with Crippen molar-refractivity contribution in [1.29, 1.82) is 0 Å². The molecule has 0 atom stereocenters. The number of urea groups is 1. The molecule has 142 valence electrons. The van der Waals surface area contributed by atoms with E-state index in [2.05, 4.69) is 22.0 Å². The first-order valence-electron chi connectivity index (χ1n) is 9.44. The van der Waals surface area contributed by atoms with E-state index >= 15 is 0 Å². The zero-order valence-corrected chi connectivity index (χ0v) is 15.4. The molecule has 3 rings (SSSR count). The molecule has 0 unspecified atom stereocenters. The molecule has 3 amide bonds. The smallest absolute Gasteiger partial charge is 0.323 e. The molecule has 0 radical (unpaired) electrons. The zero-order chi connectivity index (χ0) is 19.1. The first-order valence-corrected chi connectivity index (χ1v) is 9.44. The number of hydrogen-bond acceptors (Lipinski definition) is 3. The lowest BCUT2D eigenvalue weighted by Crippen LogP contribution is -2.21. The van der Waals surface area contributed by atoms with Gasteiger partial charge in [0.05, 0.1) is 0 Å². The largest absolute Gasteiger partial charge is 0.330 e. The summed E-state index contributed by atoms with van der Waals surface area (Å²) in [5, 5.41) is 8.60. The molecule has 1 aliphatic carbocycles. The maximum absolute atomic E-state index is 12.4. The van der Waals surface area contributed by atoms with Gasteiger partial charge < -0.3 is 21.7 Å². The standard InChI is InChI=1S/C21H26N4O2/c22-13-5-12-20(26)23-16-8-4-9-17(14-16)24-21(27)25-19-11-3-7-15-6-1-2-10-18(15)19/h3-4,7-9,11,14H,1-2,5-6,10,12-13,22H2,(H,23,26)(H2,24,25,27). The molecule has 2 aromatic carbocycles. The molecule has 2 aromatic rings. The van der Waals surface area contributed by atoms with E-state index in [1.54, 1.807) is 24.3 Å². The van der Waals surface area contributed by atoms with E-state index < -0.39 is 0 Å². The highest BCUT2D eigenvalue weighted by atomic mass is 16.2. The number of hydrogen-bond donors (Lipinski definition) is 4. The van der Waals surface area contributed by atoms with Crippen LogP contribution in [0.25, 0.3) is 0 Å². The molecule has 0 fully saturated rings. The fraction of sp³-hybridized carbons (Fsp3) is 0.333. The zero-order valence-electron chi connectivity index (χ0n) is 15.4. The molecule has 0 saturated carbocycles. The minimum absolute atomic E-state index is 0.0852. The van der Waals surface area contributed by atoms with E-state index in [0.29, 0.717) is 30.8 Å². The van der Waals surface area contributed by atoms with Gasteiger partial charge in [0.1, 0.15) is 0 Å². The number of rotatable bonds is 6. The Morgan fingerprint density at radius 2 is 1.67 bits per heavy atom. The summed E-state index contributed by atoms with van der Waals surface area (Å²) in [7, 11) is 0. The molecule has 5 N–H and O–H groups in total. The molecule has 1 aliphatic rings. The molecule has 0 heterocycles. The van der Waals surface area contributed by atoms with Crippen LogP contribution in [-0.2, 0) is 17.6 Å².